The first-order valence-corrected chi connectivity index (χ1v) is 5.91. The Hall–Kier alpha value is -1.55. The van der Waals surface area contributed by atoms with Crippen molar-refractivity contribution in [3.8, 4) is 5.75 Å². The molecule has 0 saturated carbocycles. The molecule has 16 heavy (non-hydrogen) atoms. The van der Waals surface area contributed by atoms with Gasteiger partial charge in [0.15, 0.2) is 0 Å². The van der Waals surface area contributed by atoms with Crippen molar-refractivity contribution in [3.63, 3.8) is 0 Å². The number of nitrogens with zero attached hydrogens (tertiary/aromatic N) is 1. The van der Waals surface area contributed by atoms with Crippen LogP contribution >= 0.6 is 11.3 Å². The van der Waals surface area contributed by atoms with E-state index in [2.05, 4.69) is 4.98 Å². The fraction of sp³-hybridized carbons (Fsp3) is 0.250. The summed E-state index contributed by atoms with van der Waals surface area (Å²) in [4.78, 5) is 5.13. The smallest absolute Gasteiger partial charge is 0.124 e. The molecule has 1 heterocycles. The summed E-state index contributed by atoms with van der Waals surface area (Å²) in [5.74, 6) is 0.889. The Kier molecular flexibility index (Phi) is 3.10. The molecule has 0 amide bonds. The Morgan fingerprint density at radius 3 is 2.81 bits per heavy atom. The predicted molar refractivity (Wildman–Crippen MR) is 66.8 cm³/mol. The lowest BCUT2D eigenvalue weighted by atomic mass is 10.1. The maximum Gasteiger partial charge on any atom is 0.124 e. The highest BCUT2D eigenvalue weighted by Gasteiger charge is 2.04. The Morgan fingerprint density at radius 1 is 1.31 bits per heavy atom. The normalized spacial score (nSPS) is 10.4. The highest BCUT2D eigenvalue weighted by molar-refractivity contribution is 7.09. The Labute approximate surface area is 98.9 Å². The highest BCUT2D eigenvalue weighted by Crippen LogP contribution is 2.25. The average Bonchev–Trinajstić information content (AvgIpc) is 2.74. The number of anilines is 1. The van der Waals surface area contributed by atoms with Gasteiger partial charge in [-0.05, 0) is 37.1 Å². The zero-order valence-corrected chi connectivity index (χ0v) is 10.2. The second kappa shape index (κ2) is 4.53. The van der Waals surface area contributed by atoms with Gasteiger partial charge in [-0.3, -0.25) is 4.98 Å². The number of aromatic nitrogens is 1. The van der Waals surface area contributed by atoms with Crippen LogP contribution in [0.1, 0.15) is 16.0 Å². The van der Waals surface area contributed by atoms with Crippen LogP contribution in [0.4, 0.5) is 5.69 Å². The van der Waals surface area contributed by atoms with Crippen LogP contribution in [0.5, 0.6) is 5.75 Å². The summed E-state index contributed by atoms with van der Waals surface area (Å²) in [6.45, 7) is 4.54. The summed E-state index contributed by atoms with van der Waals surface area (Å²) >= 11 is 1.59. The van der Waals surface area contributed by atoms with Gasteiger partial charge in [-0.2, -0.15) is 0 Å². The van der Waals surface area contributed by atoms with Gasteiger partial charge in [0.25, 0.3) is 0 Å². The van der Waals surface area contributed by atoms with Crippen molar-refractivity contribution >= 4 is 17.0 Å². The van der Waals surface area contributed by atoms with E-state index in [0.29, 0.717) is 6.61 Å². The van der Waals surface area contributed by atoms with Crippen molar-refractivity contribution in [2.45, 2.75) is 20.5 Å². The zero-order chi connectivity index (χ0) is 11.5. The Bertz CT molecular complexity index is 480. The highest BCUT2D eigenvalue weighted by atomic mass is 32.1. The molecule has 84 valence electrons. The maximum atomic E-state index is 5.82. The van der Waals surface area contributed by atoms with Crippen LogP contribution in [-0.4, -0.2) is 4.98 Å². The van der Waals surface area contributed by atoms with Crippen LogP contribution < -0.4 is 10.5 Å². The molecular formula is C12H14N2OS. The summed E-state index contributed by atoms with van der Waals surface area (Å²) in [6.07, 6.45) is 1.82. The van der Waals surface area contributed by atoms with E-state index in [1.807, 2.05) is 32.2 Å². The van der Waals surface area contributed by atoms with Crippen molar-refractivity contribution in [1.82, 2.24) is 4.98 Å². The van der Waals surface area contributed by atoms with Crippen molar-refractivity contribution < 1.29 is 4.74 Å². The summed E-state index contributed by atoms with van der Waals surface area (Å²) in [5.41, 5.74) is 10.5. The van der Waals surface area contributed by atoms with E-state index in [-0.39, 0.29) is 0 Å². The Morgan fingerprint density at radius 2 is 2.12 bits per heavy atom. The number of benzene rings is 1. The first-order chi connectivity index (χ1) is 7.66. The molecule has 0 radical (unpaired) electrons. The van der Waals surface area contributed by atoms with Crippen LogP contribution in [0.25, 0.3) is 0 Å². The minimum Gasteiger partial charge on any atom is -0.488 e. The minimum atomic E-state index is 0.564. The molecular weight excluding hydrogens is 220 g/mol. The molecule has 1 aromatic carbocycles. The lowest BCUT2D eigenvalue weighted by Crippen LogP contribution is -1.98. The molecule has 3 nitrogen and oxygen atoms in total. The van der Waals surface area contributed by atoms with Crippen molar-refractivity contribution in [2.24, 2.45) is 0 Å². The topological polar surface area (TPSA) is 48.1 Å². The molecule has 2 N–H and O–H groups in total. The van der Waals surface area contributed by atoms with Gasteiger partial charge in [-0.15, -0.1) is 11.3 Å². The van der Waals surface area contributed by atoms with E-state index >= 15 is 0 Å². The van der Waals surface area contributed by atoms with Crippen LogP contribution in [0.15, 0.2) is 23.8 Å². The fourth-order valence-corrected chi connectivity index (χ4v) is 1.94. The second-order valence-corrected chi connectivity index (χ2v) is 4.70. The number of ether oxygens (including phenoxy) is 1. The molecule has 0 unspecified atom stereocenters. The van der Waals surface area contributed by atoms with Crippen LogP contribution in [-0.2, 0) is 6.61 Å². The first kappa shape index (κ1) is 11.0. The number of hydrogen-bond donors (Lipinski definition) is 1. The molecule has 2 rings (SSSR count). The first-order valence-electron chi connectivity index (χ1n) is 5.03. The zero-order valence-electron chi connectivity index (χ0n) is 9.36. The standard InChI is InChI=1S/C12H14N2OS/c1-8-4-12(9(2)3-11(8)13)15-6-10-5-14-7-16-10/h3-5,7H,6,13H2,1-2H3. The van der Waals surface area contributed by atoms with Gasteiger partial charge in [-0.25, -0.2) is 0 Å². The van der Waals surface area contributed by atoms with E-state index in [9.17, 15) is 0 Å². The fourth-order valence-electron chi connectivity index (χ4n) is 1.43. The molecule has 0 atom stereocenters. The molecule has 0 aliphatic heterocycles. The molecule has 4 heteroatoms. The van der Waals surface area contributed by atoms with E-state index in [0.717, 1.165) is 27.4 Å². The van der Waals surface area contributed by atoms with Gasteiger partial charge >= 0.3 is 0 Å². The van der Waals surface area contributed by atoms with Crippen molar-refractivity contribution in [3.05, 3.63) is 39.8 Å². The van der Waals surface area contributed by atoms with Crippen LogP contribution in [0.2, 0.25) is 0 Å². The molecule has 0 fully saturated rings. The maximum absolute atomic E-state index is 5.82. The molecule has 0 aliphatic rings. The number of aryl methyl sites for hydroxylation is 2. The van der Waals surface area contributed by atoms with Gasteiger partial charge in [0.05, 0.1) is 10.4 Å². The predicted octanol–water partition coefficient (Wildman–Crippen LogP) is 2.92. The number of rotatable bonds is 3. The van der Waals surface area contributed by atoms with Crippen molar-refractivity contribution in [1.29, 1.82) is 0 Å². The van der Waals surface area contributed by atoms with Gasteiger partial charge in [0, 0.05) is 11.9 Å². The monoisotopic (exact) mass is 234 g/mol. The third kappa shape index (κ3) is 2.33. The quantitative estimate of drug-likeness (QED) is 0.831. The second-order valence-electron chi connectivity index (χ2n) is 3.73. The van der Waals surface area contributed by atoms with Gasteiger partial charge in [0.1, 0.15) is 12.4 Å². The molecule has 2 aromatic rings. The number of nitrogens with two attached hydrogens (primary N) is 1. The van der Waals surface area contributed by atoms with E-state index in [4.69, 9.17) is 10.5 Å². The minimum absolute atomic E-state index is 0.564. The van der Waals surface area contributed by atoms with Gasteiger partial charge in [0.2, 0.25) is 0 Å². The lowest BCUT2D eigenvalue weighted by Gasteiger charge is -2.10. The number of hydrogen-bond acceptors (Lipinski definition) is 4. The number of thiazole rings is 1. The van der Waals surface area contributed by atoms with Crippen LogP contribution in [0, 0.1) is 13.8 Å². The SMILES string of the molecule is Cc1cc(OCc2cncs2)c(C)cc1N. The van der Waals surface area contributed by atoms with E-state index < -0.39 is 0 Å². The lowest BCUT2D eigenvalue weighted by molar-refractivity contribution is 0.307. The van der Waals surface area contributed by atoms with E-state index in [1.165, 1.54) is 0 Å². The molecule has 0 saturated heterocycles. The number of nitrogen functional groups attached to an aromatic ring is 1. The van der Waals surface area contributed by atoms with Gasteiger partial charge in [-0.1, -0.05) is 0 Å². The third-order valence-corrected chi connectivity index (χ3v) is 3.17. The summed E-state index contributed by atoms with van der Waals surface area (Å²) in [5, 5.41) is 0. The molecule has 0 bridgehead atoms. The third-order valence-electron chi connectivity index (χ3n) is 2.42. The van der Waals surface area contributed by atoms with E-state index in [1.54, 1.807) is 16.8 Å². The Balaban J connectivity index is 2.12. The summed E-state index contributed by atoms with van der Waals surface area (Å²) < 4.78 is 5.73. The summed E-state index contributed by atoms with van der Waals surface area (Å²) in [6, 6.07) is 3.92. The largest absolute Gasteiger partial charge is 0.488 e. The molecule has 0 aliphatic carbocycles. The molecule has 1 aromatic heterocycles. The average molecular weight is 234 g/mol. The van der Waals surface area contributed by atoms with Gasteiger partial charge < -0.3 is 10.5 Å². The molecule has 0 spiro atoms. The summed E-state index contributed by atoms with van der Waals surface area (Å²) in [7, 11) is 0. The van der Waals surface area contributed by atoms with Crippen molar-refractivity contribution in [2.75, 3.05) is 5.73 Å². The van der Waals surface area contributed by atoms with Crippen LogP contribution in [0.3, 0.4) is 0 Å².